The highest BCUT2D eigenvalue weighted by Gasteiger charge is 2.14. The molecule has 0 spiro atoms. The lowest BCUT2D eigenvalue weighted by Crippen LogP contribution is -2.24. The smallest absolute Gasteiger partial charge is 0.0409 e. The molecule has 0 aromatic heterocycles. The third kappa shape index (κ3) is 4.33. The van der Waals surface area contributed by atoms with Crippen molar-refractivity contribution in [1.82, 2.24) is 5.32 Å². The van der Waals surface area contributed by atoms with E-state index in [-0.39, 0.29) is 6.04 Å². The molecular weight excluding hydrogens is 278 g/mol. The minimum atomic E-state index is 0.277. The quantitative estimate of drug-likeness (QED) is 0.721. The molecule has 0 aliphatic heterocycles. The lowest BCUT2D eigenvalue weighted by Gasteiger charge is -2.23. The summed E-state index contributed by atoms with van der Waals surface area (Å²) in [5, 5.41) is 4.50. The molecule has 0 radical (unpaired) electrons. The highest BCUT2D eigenvalue weighted by molar-refractivity contribution is 6.30. The average Bonchev–Trinajstić information content (AvgIpc) is 2.52. The second-order valence-electron chi connectivity index (χ2n) is 5.50. The SMILES string of the molecule is CCc1ccc(C(CC)NC(C)c2cccc(Cl)c2)cc1. The molecule has 2 unspecified atom stereocenters. The maximum atomic E-state index is 6.08. The van der Waals surface area contributed by atoms with Gasteiger partial charge in [0.05, 0.1) is 0 Å². The number of benzene rings is 2. The fraction of sp³-hybridized carbons (Fsp3) is 0.368. The first-order chi connectivity index (χ1) is 10.1. The number of nitrogens with one attached hydrogen (secondary N) is 1. The van der Waals surface area contributed by atoms with Gasteiger partial charge in [-0.25, -0.2) is 0 Å². The van der Waals surface area contributed by atoms with Crippen LogP contribution in [-0.4, -0.2) is 0 Å². The summed E-state index contributed by atoms with van der Waals surface area (Å²) in [7, 11) is 0. The zero-order valence-electron chi connectivity index (χ0n) is 13.1. The van der Waals surface area contributed by atoms with Crippen molar-refractivity contribution in [2.75, 3.05) is 0 Å². The normalized spacial score (nSPS) is 13.9. The van der Waals surface area contributed by atoms with Gasteiger partial charge in [-0.05, 0) is 48.6 Å². The van der Waals surface area contributed by atoms with Gasteiger partial charge in [-0.3, -0.25) is 0 Å². The van der Waals surface area contributed by atoms with Crippen LogP contribution in [0.15, 0.2) is 48.5 Å². The number of aryl methyl sites for hydroxylation is 1. The van der Waals surface area contributed by atoms with Crippen molar-refractivity contribution >= 4 is 11.6 Å². The standard InChI is InChI=1S/C19H24ClN/c1-4-15-9-11-16(12-10-15)19(5-2)21-14(3)17-7-6-8-18(20)13-17/h6-14,19,21H,4-5H2,1-3H3. The van der Waals surface area contributed by atoms with Gasteiger partial charge in [0.15, 0.2) is 0 Å². The summed E-state index contributed by atoms with van der Waals surface area (Å²) in [5.74, 6) is 0. The van der Waals surface area contributed by atoms with E-state index in [1.54, 1.807) is 0 Å². The second-order valence-corrected chi connectivity index (χ2v) is 5.94. The molecule has 2 heteroatoms. The zero-order valence-corrected chi connectivity index (χ0v) is 13.8. The van der Waals surface area contributed by atoms with Crippen LogP contribution in [0.4, 0.5) is 0 Å². The van der Waals surface area contributed by atoms with Crippen LogP contribution in [-0.2, 0) is 6.42 Å². The lowest BCUT2D eigenvalue weighted by atomic mass is 9.99. The minimum absolute atomic E-state index is 0.277. The summed E-state index contributed by atoms with van der Waals surface area (Å²) < 4.78 is 0. The van der Waals surface area contributed by atoms with Crippen LogP contribution in [0, 0.1) is 0 Å². The molecule has 2 aromatic rings. The average molecular weight is 302 g/mol. The van der Waals surface area contributed by atoms with Crippen molar-refractivity contribution in [3.05, 3.63) is 70.2 Å². The second kappa shape index (κ2) is 7.63. The molecule has 2 rings (SSSR count). The van der Waals surface area contributed by atoms with E-state index in [1.165, 1.54) is 16.7 Å². The van der Waals surface area contributed by atoms with Crippen LogP contribution in [0.2, 0.25) is 5.02 Å². The molecule has 0 amide bonds. The summed E-state index contributed by atoms with van der Waals surface area (Å²) >= 11 is 6.08. The molecule has 0 saturated heterocycles. The molecule has 21 heavy (non-hydrogen) atoms. The lowest BCUT2D eigenvalue weighted by molar-refractivity contribution is 0.456. The van der Waals surface area contributed by atoms with Crippen LogP contribution < -0.4 is 5.32 Å². The van der Waals surface area contributed by atoms with Crippen molar-refractivity contribution in [3.63, 3.8) is 0 Å². The van der Waals surface area contributed by atoms with Gasteiger partial charge < -0.3 is 5.32 Å². The minimum Gasteiger partial charge on any atom is -0.303 e. The van der Waals surface area contributed by atoms with Crippen molar-refractivity contribution in [3.8, 4) is 0 Å². The molecule has 0 aliphatic rings. The third-order valence-electron chi connectivity index (χ3n) is 4.00. The summed E-state index contributed by atoms with van der Waals surface area (Å²) in [6, 6.07) is 17.7. The Balaban J connectivity index is 2.10. The molecular formula is C19H24ClN. The summed E-state index contributed by atoms with van der Waals surface area (Å²) in [5.41, 5.74) is 3.96. The highest BCUT2D eigenvalue weighted by atomic mass is 35.5. The van der Waals surface area contributed by atoms with E-state index < -0.39 is 0 Å². The van der Waals surface area contributed by atoms with Crippen LogP contribution in [0.3, 0.4) is 0 Å². The van der Waals surface area contributed by atoms with Crippen LogP contribution in [0.1, 0.15) is 56.0 Å². The Bertz CT molecular complexity index is 562. The van der Waals surface area contributed by atoms with Crippen molar-refractivity contribution in [2.45, 2.75) is 45.7 Å². The number of hydrogen-bond acceptors (Lipinski definition) is 1. The van der Waals surface area contributed by atoms with E-state index >= 15 is 0 Å². The Kier molecular flexibility index (Phi) is 5.84. The first-order valence-electron chi connectivity index (χ1n) is 7.74. The molecule has 1 nitrogen and oxygen atoms in total. The largest absolute Gasteiger partial charge is 0.303 e. The van der Waals surface area contributed by atoms with Gasteiger partial charge in [0.1, 0.15) is 0 Å². The maximum Gasteiger partial charge on any atom is 0.0409 e. The van der Waals surface area contributed by atoms with E-state index in [0.717, 1.165) is 17.9 Å². The Labute approximate surface area is 133 Å². The highest BCUT2D eigenvalue weighted by Crippen LogP contribution is 2.24. The van der Waals surface area contributed by atoms with Gasteiger partial charge >= 0.3 is 0 Å². The van der Waals surface area contributed by atoms with E-state index in [1.807, 2.05) is 18.2 Å². The van der Waals surface area contributed by atoms with Gasteiger partial charge in [0.2, 0.25) is 0 Å². The molecule has 2 atom stereocenters. The Hall–Kier alpha value is -1.31. The summed E-state index contributed by atoms with van der Waals surface area (Å²) in [4.78, 5) is 0. The van der Waals surface area contributed by atoms with E-state index in [2.05, 4.69) is 56.4 Å². The first kappa shape index (κ1) is 16.1. The molecule has 1 N–H and O–H groups in total. The topological polar surface area (TPSA) is 12.0 Å². The number of rotatable bonds is 6. The van der Waals surface area contributed by atoms with Crippen molar-refractivity contribution in [2.24, 2.45) is 0 Å². The number of halogens is 1. The molecule has 0 bridgehead atoms. The van der Waals surface area contributed by atoms with Crippen LogP contribution in [0.25, 0.3) is 0 Å². The molecule has 0 saturated carbocycles. The number of hydrogen-bond donors (Lipinski definition) is 1. The molecule has 0 aliphatic carbocycles. The maximum absolute atomic E-state index is 6.08. The summed E-state index contributed by atoms with van der Waals surface area (Å²) in [6.45, 7) is 6.59. The molecule has 112 valence electrons. The van der Waals surface area contributed by atoms with E-state index in [0.29, 0.717) is 6.04 Å². The fourth-order valence-electron chi connectivity index (χ4n) is 2.61. The van der Waals surface area contributed by atoms with E-state index in [4.69, 9.17) is 11.6 Å². The molecule has 0 fully saturated rings. The zero-order chi connectivity index (χ0) is 15.2. The van der Waals surface area contributed by atoms with Crippen LogP contribution in [0.5, 0.6) is 0 Å². The van der Waals surface area contributed by atoms with Gasteiger partial charge in [0, 0.05) is 17.1 Å². The Morgan fingerprint density at radius 3 is 2.29 bits per heavy atom. The Morgan fingerprint density at radius 2 is 1.71 bits per heavy atom. The van der Waals surface area contributed by atoms with E-state index in [9.17, 15) is 0 Å². The molecule has 2 aromatic carbocycles. The Morgan fingerprint density at radius 1 is 1.00 bits per heavy atom. The monoisotopic (exact) mass is 301 g/mol. The first-order valence-corrected chi connectivity index (χ1v) is 8.12. The predicted molar refractivity (Wildman–Crippen MR) is 91.9 cm³/mol. The van der Waals surface area contributed by atoms with Crippen LogP contribution >= 0.6 is 11.6 Å². The summed E-state index contributed by atoms with van der Waals surface area (Å²) in [6.07, 6.45) is 2.15. The predicted octanol–water partition coefficient (Wildman–Crippen LogP) is 5.70. The van der Waals surface area contributed by atoms with Crippen molar-refractivity contribution in [1.29, 1.82) is 0 Å². The fourth-order valence-corrected chi connectivity index (χ4v) is 2.81. The van der Waals surface area contributed by atoms with Crippen molar-refractivity contribution < 1.29 is 0 Å². The van der Waals surface area contributed by atoms with Gasteiger partial charge in [0.25, 0.3) is 0 Å². The van der Waals surface area contributed by atoms with Gasteiger partial charge in [-0.1, -0.05) is 61.8 Å². The molecule has 0 heterocycles. The third-order valence-corrected chi connectivity index (χ3v) is 4.23. The van der Waals surface area contributed by atoms with Gasteiger partial charge in [-0.15, -0.1) is 0 Å². The van der Waals surface area contributed by atoms with Gasteiger partial charge in [-0.2, -0.15) is 0 Å².